The van der Waals surface area contributed by atoms with Crippen LogP contribution in [0, 0.1) is 5.92 Å². The molecule has 0 radical (unpaired) electrons. The van der Waals surface area contributed by atoms with Crippen molar-refractivity contribution in [1.29, 1.82) is 0 Å². The Morgan fingerprint density at radius 3 is 1.38 bits per heavy atom. The molecule has 0 unspecified atom stereocenters. The van der Waals surface area contributed by atoms with Crippen molar-refractivity contribution in [3.63, 3.8) is 0 Å². The van der Waals surface area contributed by atoms with Gasteiger partial charge in [-0.2, -0.15) is 5.10 Å². The van der Waals surface area contributed by atoms with Crippen LogP contribution < -0.4 is 25.2 Å². The van der Waals surface area contributed by atoms with Crippen LogP contribution in [0.2, 0.25) is 0 Å². The lowest BCUT2D eigenvalue weighted by Crippen LogP contribution is -2.43. The van der Waals surface area contributed by atoms with E-state index in [9.17, 15) is 0 Å². The molecule has 63 heavy (non-hydrogen) atoms. The first kappa shape index (κ1) is 39.4. The van der Waals surface area contributed by atoms with Crippen molar-refractivity contribution in [2.75, 3.05) is 22.9 Å². The lowest BCUT2D eigenvalue weighted by Gasteiger charge is -2.28. The third-order valence-electron chi connectivity index (χ3n) is 11.7. The zero-order valence-corrected chi connectivity index (χ0v) is 35.9. The van der Waals surface area contributed by atoms with Gasteiger partial charge in [0.2, 0.25) is 0 Å². The van der Waals surface area contributed by atoms with Gasteiger partial charge in [-0.1, -0.05) is 136 Å². The molecule has 1 aliphatic heterocycles. The monoisotopic (exact) mass is 820 g/mol. The van der Waals surface area contributed by atoms with E-state index >= 15 is 0 Å². The highest BCUT2D eigenvalue weighted by Crippen LogP contribution is 2.38. The number of fused-ring (bicyclic) bond motifs is 2. The van der Waals surface area contributed by atoms with E-state index in [1.807, 2.05) is 10.9 Å². The van der Waals surface area contributed by atoms with E-state index in [1.54, 1.807) is 0 Å². The smallest absolute Gasteiger partial charge is 0.265 e. The van der Waals surface area contributed by atoms with E-state index in [2.05, 4.69) is 235 Å². The molecule has 0 amide bonds. The molecule has 0 atom stereocenters. The summed E-state index contributed by atoms with van der Waals surface area (Å²) in [5.41, 5.74) is 15.0. The molecule has 0 aliphatic carbocycles. The van der Waals surface area contributed by atoms with E-state index in [4.69, 9.17) is 10.2 Å². The Balaban J connectivity index is 1.21. The van der Waals surface area contributed by atoms with E-state index in [1.165, 1.54) is 10.8 Å². The Morgan fingerprint density at radius 1 is 0.540 bits per heavy atom. The standard InChI is InChI=1S/C56H50N7/c1-4-41-39-60(38-40(2)3)57-54-51(41)52(42-30-34-48(35-31-42)61(44-20-10-5-11-21-44)45-22-12-6-13-23-45)55-56(59-63(58-55)50-28-18-9-19-29-50)53(54)43-32-36-49(37-33-43)62(46-24-14-7-15-25-46)47-26-16-8-17-27-47/h5-37,40H,4,38-39H2,1-3H3,(H,58,59)/q+1. The molecule has 0 saturated carbocycles. The Morgan fingerprint density at radius 2 is 0.952 bits per heavy atom. The number of para-hydroxylation sites is 5. The molecule has 7 heteroatoms. The quantitative estimate of drug-likeness (QED) is 0.125. The SMILES string of the molecule is CCC1=c2c(-c3ccc(N(c4ccccc4)c4ccccc4)cc3)c3n[n+](-c4ccccc4)[nH]c3c(-c3ccc(N(c4ccccc4)c4ccccc4)cc3)c2=NN(CC(C)C)C1. The minimum absolute atomic E-state index is 0.443. The molecular weight excluding hydrogens is 771 g/mol. The van der Waals surface area contributed by atoms with Gasteiger partial charge in [0.1, 0.15) is 10.9 Å². The highest BCUT2D eigenvalue weighted by Gasteiger charge is 2.28. The number of benzene rings is 8. The van der Waals surface area contributed by atoms with Gasteiger partial charge in [-0.05, 0) is 102 Å². The van der Waals surface area contributed by atoms with Crippen molar-refractivity contribution in [2.24, 2.45) is 11.0 Å². The fourth-order valence-electron chi connectivity index (χ4n) is 8.91. The first-order valence-corrected chi connectivity index (χ1v) is 21.9. The summed E-state index contributed by atoms with van der Waals surface area (Å²) < 4.78 is 0. The number of hydrogen-bond donors (Lipinski definition) is 1. The van der Waals surface area contributed by atoms with Crippen LogP contribution in [0.15, 0.2) is 205 Å². The van der Waals surface area contributed by atoms with Crippen LogP contribution >= 0.6 is 0 Å². The molecule has 308 valence electrons. The van der Waals surface area contributed by atoms with E-state index < -0.39 is 0 Å². The summed E-state index contributed by atoms with van der Waals surface area (Å²) >= 11 is 0. The summed E-state index contributed by atoms with van der Waals surface area (Å²) in [4.78, 5) is 6.52. The molecule has 0 saturated heterocycles. The molecule has 0 fully saturated rings. The molecule has 8 aromatic carbocycles. The second kappa shape index (κ2) is 17.3. The number of aromatic amines is 1. The normalized spacial score (nSPS) is 12.3. The summed E-state index contributed by atoms with van der Waals surface area (Å²) in [5, 5.41) is 19.2. The Kier molecular flexibility index (Phi) is 10.8. The van der Waals surface area contributed by atoms with Crippen LogP contribution in [0.25, 0.3) is 44.5 Å². The van der Waals surface area contributed by atoms with Crippen molar-refractivity contribution in [2.45, 2.75) is 27.2 Å². The van der Waals surface area contributed by atoms with Gasteiger partial charge < -0.3 is 9.80 Å². The molecular formula is C56H50N7+. The Labute approximate surface area is 369 Å². The van der Waals surface area contributed by atoms with Gasteiger partial charge in [-0.15, -0.1) is 5.10 Å². The number of nitrogens with zero attached hydrogens (tertiary/aromatic N) is 6. The molecule has 2 heterocycles. The van der Waals surface area contributed by atoms with Crippen molar-refractivity contribution in [1.82, 2.24) is 15.2 Å². The second-order valence-electron chi connectivity index (χ2n) is 16.5. The predicted molar refractivity (Wildman–Crippen MR) is 259 cm³/mol. The van der Waals surface area contributed by atoms with Gasteiger partial charge in [0.05, 0.1) is 6.54 Å². The van der Waals surface area contributed by atoms with Crippen LogP contribution in [0.1, 0.15) is 27.2 Å². The third kappa shape index (κ3) is 7.74. The van der Waals surface area contributed by atoms with Gasteiger partial charge in [-0.3, -0.25) is 5.01 Å². The highest BCUT2D eigenvalue weighted by molar-refractivity contribution is 6.01. The Bertz CT molecular complexity index is 3020. The summed E-state index contributed by atoms with van der Waals surface area (Å²) in [6, 6.07) is 70.5. The van der Waals surface area contributed by atoms with E-state index in [-0.39, 0.29) is 0 Å². The fourth-order valence-corrected chi connectivity index (χ4v) is 8.91. The van der Waals surface area contributed by atoms with Crippen molar-refractivity contribution in [3.8, 4) is 27.9 Å². The zero-order chi connectivity index (χ0) is 42.7. The zero-order valence-electron chi connectivity index (χ0n) is 35.9. The number of hydrogen-bond acceptors (Lipinski definition) is 5. The van der Waals surface area contributed by atoms with E-state index in [0.29, 0.717) is 5.92 Å². The Hall–Kier alpha value is -7.77. The van der Waals surface area contributed by atoms with Crippen molar-refractivity contribution < 1.29 is 4.80 Å². The van der Waals surface area contributed by atoms with Crippen LogP contribution in [0.3, 0.4) is 0 Å². The summed E-state index contributed by atoms with van der Waals surface area (Å²) in [6.45, 7) is 8.43. The maximum Gasteiger partial charge on any atom is 0.265 e. The maximum atomic E-state index is 5.59. The number of aromatic nitrogens is 3. The number of nitrogens with one attached hydrogen (secondary N) is 1. The molecule has 0 bridgehead atoms. The first-order valence-electron chi connectivity index (χ1n) is 21.9. The second-order valence-corrected chi connectivity index (χ2v) is 16.5. The number of rotatable bonds is 12. The fraction of sp³-hybridized carbons (Fsp3) is 0.125. The first-order chi connectivity index (χ1) is 31.0. The maximum absolute atomic E-state index is 5.59. The van der Waals surface area contributed by atoms with E-state index in [0.717, 1.165) is 98.0 Å². The van der Waals surface area contributed by atoms with Gasteiger partial charge in [0.15, 0.2) is 5.52 Å². The molecule has 9 aromatic rings. The summed E-state index contributed by atoms with van der Waals surface area (Å²) in [7, 11) is 0. The summed E-state index contributed by atoms with van der Waals surface area (Å²) in [5.74, 6) is 0.443. The van der Waals surface area contributed by atoms with Crippen LogP contribution in [-0.4, -0.2) is 28.3 Å². The molecule has 1 aliphatic rings. The average molecular weight is 821 g/mol. The average Bonchev–Trinajstić information content (AvgIpc) is 3.78. The molecule has 7 nitrogen and oxygen atoms in total. The van der Waals surface area contributed by atoms with Gasteiger partial charge in [0, 0.05) is 79.0 Å². The largest absolute Gasteiger partial charge is 0.311 e. The predicted octanol–water partition coefficient (Wildman–Crippen LogP) is 12.2. The van der Waals surface area contributed by atoms with Gasteiger partial charge in [0.25, 0.3) is 5.69 Å². The minimum atomic E-state index is 0.443. The minimum Gasteiger partial charge on any atom is -0.311 e. The summed E-state index contributed by atoms with van der Waals surface area (Å²) in [6.07, 6.45) is 0.883. The lowest BCUT2D eigenvalue weighted by atomic mass is 9.91. The molecule has 0 spiro atoms. The number of anilines is 6. The van der Waals surface area contributed by atoms with Gasteiger partial charge in [-0.25, -0.2) is 0 Å². The molecule has 1 aromatic heterocycles. The molecule has 1 N–H and O–H groups in total. The highest BCUT2D eigenvalue weighted by atomic mass is 15.5. The van der Waals surface area contributed by atoms with Gasteiger partial charge >= 0.3 is 0 Å². The van der Waals surface area contributed by atoms with Crippen LogP contribution in [-0.2, 0) is 0 Å². The third-order valence-corrected chi connectivity index (χ3v) is 11.7. The lowest BCUT2D eigenvalue weighted by molar-refractivity contribution is -0.710. The van der Waals surface area contributed by atoms with Crippen LogP contribution in [0.4, 0.5) is 34.1 Å². The molecule has 10 rings (SSSR count). The van der Waals surface area contributed by atoms with Crippen molar-refractivity contribution in [3.05, 3.63) is 211 Å². The van der Waals surface area contributed by atoms with Crippen molar-refractivity contribution >= 4 is 50.7 Å². The van der Waals surface area contributed by atoms with Crippen LogP contribution in [0.5, 0.6) is 0 Å². The number of H-pyrrole nitrogens is 1. The topological polar surface area (TPSA) is 54.6 Å².